The second kappa shape index (κ2) is 7.81. The van der Waals surface area contributed by atoms with Crippen molar-refractivity contribution in [3.8, 4) is 0 Å². The van der Waals surface area contributed by atoms with Crippen LogP contribution in [0, 0.1) is 5.41 Å². The fourth-order valence-electron chi connectivity index (χ4n) is 3.93. The van der Waals surface area contributed by atoms with Crippen LogP contribution in [0.4, 0.5) is 11.5 Å². The van der Waals surface area contributed by atoms with Crippen molar-refractivity contribution in [1.29, 1.82) is 0 Å². The maximum atomic E-state index is 13.1. The number of rotatable bonds is 3. The van der Waals surface area contributed by atoms with E-state index in [2.05, 4.69) is 28.1 Å². The summed E-state index contributed by atoms with van der Waals surface area (Å²) in [6.45, 7) is 6.30. The van der Waals surface area contributed by atoms with Crippen LogP contribution in [-0.2, 0) is 9.73 Å². The van der Waals surface area contributed by atoms with Gasteiger partial charge in [-0.2, -0.15) is 4.36 Å². The molecule has 0 radical (unpaired) electrons. The monoisotopic (exact) mass is 454 g/mol. The summed E-state index contributed by atoms with van der Waals surface area (Å²) in [5, 5.41) is 0. The fourth-order valence-corrected chi connectivity index (χ4v) is 4.44. The Morgan fingerprint density at radius 3 is 2.34 bits per heavy atom. The molecule has 0 N–H and O–H groups in total. The molecule has 3 heterocycles. The van der Waals surface area contributed by atoms with Gasteiger partial charge < -0.3 is 4.90 Å². The SMILES string of the molecule is CC1(C)CCN(c2ccnc(N3C(=O)c4ccc(C(=O)N=S(C)(C)=O)cc4C3=O)c2)CC1. The molecule has 32 heavy (non-hydrogen) atoms. The number of anilines is 2. The molecule has 3 amide bonds. The lowest BCUT2D eigenvalue weighted by Gasteiger charge is -2.38. The van der Waals surface area contributed by atoms with E-state index in [0.717, 1.165) is 36.5 Å². The Hall–Kier alpha value is -3.07. The maximum absolute atomic E-state index is 13.1. The van der Waals surface area contributed by atoms with E-state index in [1.165, 1.54) is 30.7 Å². The van der Waals surface area contributed by atoms with Gasteiger partial charge >= 0.3 is 0 Å². The molecule has 0 spiro atoms. The lowest BCUT2D eigenvalue weighted by atomic mass is 9.82. The zero-order valence-corrected chi connectivity index (χ0v) is 19.4. The molecule has 1 saturated heterocycles. The summed E-state index contributed by atoms with van der Waals surface area (Å²) < 4.78 is 15.5. The van der Waals surface area contributed by atoms with Gasteiger partial charge in [0.1, 0.15) is 5.82 Å². The van der Waals surface area contributed by atoms with E-state index in [-0.39, 0.29) is 22.5 Å². The minimum Gasteiger partial charge on any atom is -0.371 e. The number of aromatic nitrogens is 1. The van der Waals surface area contributed by atoms with Crippen LogP contribution in [0.5, 0.6) is 0 Å². The first-order valence-electron chi connectivity index (χ1n) is 10.4. The minimum atomic E-state index is -2.64. The first-order valence-corrected chi connectivity index (χ1v) is 12.7. The topological polar surface area (TPSA) is 100 Å². The van der Waals surface area contributed by atoms with Crippen molar-refractivity contribution in [1.82, 2.24) is 4.98 Å². The van der Waals surface area contributed by atoms with Gasteiger partial charge in [-0.15, -0.1) is 0 Å². The smallest absolute Gasteiger partial charge is 0.285 e. The number of carbonyl (C=O) groups is 3. The Kier molecular flexibility index (Phi) is 5.40. The fraction of sp³-hybridized carbons (Fsp3) is 0.391. The Balaban J connectivity index is 1.63. The summed E-state index contributed by atoms with van der Waals surface area (Å²) >= 11 is 0. The number of nitrogens with zero attached hydrogens (tertiary/aromatic N) is 4. The number of imide groups is 1. The highest BCUT2D eigenvalue weighted by atomic mass is 32.2. The third-order valence-electron chi connectivity index (χ3n) is 5.88. The molecule has 1 aromatic heterocycles. The van der Waals surface area contributed by atoms with Gasteiger partial charge in [-0.05, 0) is 42.5 Å². The zero-order chi connectivity index (χ0) is 23.3. The van der Waals surface area contributed by atoms with Gasteiger partial charge in [-0.25, -0.2) is 14.1 Å². The molecular weight excluding hydrogens is 428 g/mol. The van der Waals surface area contributed by atoms with Crippen molar-refractivity contribution < 1.29 is 18.6 Å². The predicted molar refractivity (Wildman–Crippen MR) is 124 cm³/mol. The number of amides is 3. The van der Waals surface area contributed by atoms with E-state index >= 15 is 0 Å². The van der Waals surface area contributed by atoms with Crippen LogP contribution in [-0.4, -0.2) is 52.5 Å². The van der Waals surface area contributed by atoms with E-state index in [0.29, 0.717) is 5.41 Å². The van der Waals surface area contributed by atoms with Crippen molar-refractivity contribution in [3.05, 3.63) is 53.2 Å². The van der Waals surface area contributed by atoms with Crippen molar-refractivity contribution >= 4 is 39.0 Å². The van der Waals surface area contributed by atoms with Crippen molar-refractivity contribution in [3.63, 3.8) is 0 Å². The maximum Gasteiger partial charge on any atom is 0.285 e. The summed E-state index contributed by atoms with van der Waals surface area (Å²) in [5.74, 6) is -1.46. The van der Waals surface area contributed by atoms with E-state index in [9.17, 15) is 18.6 Å². The van der Waals surface area contributed by atoms with Gasteiger partial charge in [0.05, 0.1) is 11.1 Å². The predicted octanol–water partition coefficient (Wildman–Crippen LogP) is 3.38. The van der Waals surface area contributed by atoms with Gasteiger partial charge in [0.2, 0.25) is 0 Å². The third kappa shape index (κ3) is 4.29. The van der Waals surface area contributed by atoms with Gasteiger partial charge in [-0.3, -0.25) is 14.4 Å². The molecule has 2 aromatic rings. The third-order valence-corrected chi connectivity index (χ3v) is 6.48. The van der Waals surface area contributed by atoms with E-state index in [4.69, 9.17) is 0 Å². The molecule has 2 aliphatic heterocycles. The van der Waals surface area contributed by atoms with Crippen LogP contribution in [0.25, 0.3) is 0 Å². The number of fused-ring (bicyclic) bond motifs is 1. The highest BCUT2D eigenvalue weighted by molar-refractivity contribution is 7.92. The molecular formula is C23H26N4O4S. The average Bonchev–Trinajstić information content (AvgIpc) is 2.96. The molecule has 0 atom stereocenters. The Morgan fingerprint density at radius 2 is 1.69 bits per heavy atom. The molecule has 0 unspecified atom stereocenters. The summed E-state index contributed by atoms with van der Waals surface area (Å²) in [6.07, 6.45) is 6.43. The standard InChI is InChI=1S/C23H26N4O4S/c1-23(2)8-11-26(12-9-23)16-7-10-24-19(14-16)27-21(29)17-6-5-15(13-18(17)22(27)30)20(28)25-32(3,4)31/h5-7,10,13-14H,8-9,11-12H2,1-4H3. The number of pyridine rings is 1. The Bertz CT molecular complexity index is 1240. The second-order valence-electron chi connectivity index (χ2n) is 9.31. The molecule has 168 valence electrons. The van der Waals surface area contributed by atoms with Crippen molar-refractivity contribution in [2.75, 3.05) is 35.4 Å². The normalized spacial score (nSPS) is 18.0. The number of piperidine rings is 1. The van der Waals surface area contributed by atoms with Crippen LogP contribution in [0.2, 0.25) is 0 Å². The minimum absolute atomic E-state index is 0.112. The largest absolute Gasteiger partial charge is 0.371 e. The molecule has 0 saturated carbocycles. The number of hydrogen-bond acceptors (Lipinski definition) is 6. The lowest BCUT2D eigenvalue weighted by molar-refractivity contribution is 0.0924. The molecule has 0 aliphatic carbocycles. The molecule has 1 aromatic carbocycles. The summed E-state index contributed by atoms with van der Waals surface area (Å²) in [5.41, 5.74) is 1.64. The number of hydrogen-bond donors (Lipinski definition) is 0. The Labute approximate surface area is 187 Å². The van der Waals surface area contributed by atoms with Crippen LogP contribution >= 0.6 is 0 Å². The first kappa shape index (κ1) is 22.1. The highest BCUT2D eigenvalue weighted by Crippen LogP contribution is 2.34. The number of benzene rings is 1. The molecule has 8 nitrogen and oxygen atoms in total. The lowest BCUT2D eigenvalue weighted by Crippen LogP contribution is -2.37. The van der Waals surface area contributed by atoms with Crippen molar-refractivity contribution in [2.45, 2.75) is 26.7 Å². The van der Waals surface area contributed by atoms with E-state index in [1.807, 2.05) is 6.07 Å². The van der Waals surface area contributed by atoms with Gasteiger partial charge in [-0.1, -0.05) is 13.8 Å². The van der Waals surface area contributed by atoms with Crippen molar-refractivity contribution in [2.24, 2.45) is 9.78 Å². The summed E-state index contributed by atoms with van der Waals surface area (Å²) in [7, 11) is -2.64. The van der Waals surface area contributed by atoms with Crippen LogP contribution in [0.3, 0.4) is 0 Å². The molecule has 0 bridgehead atoms. The first-order chi connectivity index (χ1) is 15.0. The van der Waals surface area contributed by atoms with Crippen LogP contribution in [0.15, 0.2) is 40.9 Å². The summed E-state index contributed by atoms with van der Waals surface area (Å²) in [4.78, 5) is 45.9. The molecule has 9 heteroatoms. The second-order valence-corrected chi connectivity index (χ2v) is 11.9. The Morgan fingerprint density at radius 1 is 1.03 bits per heavy atom. The van der Waals surface area contributed by atoms with Gasteiger partial charge in [0.15, 0.2) is 0 Å². The zero-order valence-electron chi connectivity index (χ0n) is 18.6. The number of carbonyl (C=O) groups excluding carboxylic acids is 3. The van der Waals surface area contributed by atoms with Gasteiger partial charge in [0, 0.05) is 58.8 Å². The molecule has 1 fully saturated rings. The van der Waals surface area contributed by atoms with Crippen LogP contribution in [0.1, 0.15) is 57.8 Å². The quantitative estimate of drug-likeness (QED) is 0.659. The average molecular weight is 455 g/mol. The van der Waals surface area contributed by atoms with Gasteiger partial charge in [0.25, 0.3) is 17.7 Å². The summed E-state index contributed by atoms with van der Waals surface area (Å²) in [6, 6.07) is 7.82. The van der Waals surface area contributed by atoms with Crippen LogP contribution < -0.4 is 9.80 Å². The van der Waals surface area contributed by atoms with E-state index < -0.39 is 27.5 Å². The molecule has 2 aliphatic rings. The highest BCUT2D eigenvalue weighted by Gasteiger charge is 2.38. The van der Waals surface area contributed by atoms with E-state index in [1.54, 1.807) is 12.3 Å². The molecule has 4 rings (SSSR count).